The van der Waals surface area contributed by atoms with E-state index in [1.807, 2.05) is 0 Å². The van der Waals surface area contributed by atoms with E-state index in [4.69, 9.17) is 4.74 Å². The maximum Gasteiger partial charge on any atom is 0.236 e. The van der Waals surface area contributed by atoms with Gasteiger partial charge in [-0.05, 0) is 31.4 Å². The maximum absolute atomic E-state index is 14.6. The third kappa shape index (κ3) is 5.35. The van der Waals surface area contributed by atoms with Crippen LogP contribution in [-0.4, -0.2) is 62.0 Å². The summed E-state index contributed by atoms with van der Waals surface area (Å²) in [5.41, 5.74) is 2.19. The summed E-state index contributed by atoms with van der Waals surface area (Å²) in [6.07, 6.45) is 4.72. The molecule has 1 amide bonds. The van der Waals surface area contributed by atoms with Crippen LogP contribution < -0.4 is 20.7 Å². The van der Waals surface area contributed by atoms with Gasteiger partial charge in [0.2, 0.25) is 11.8 Å². The number of amides is 1. The Hall–Kier alpha value is -2.93. The fraction of sp³-hybridized carbons (Fsp3) is 0.435. The first-order valence-corrected chi connectivity index (χ1v) is 12.4. The van der Waals surface area contributed by atoms with E-state index in [9.17, 15) is 14.3 Å². The Morgan fingerprint density at radius 2 is 2.09 bits per heavy atom. The number of aliphatic hydroxyl groups excluding tert-OH is 1. The highest BCUT2D eigenvalue weighted by Crippen LogP contribution is 2.28. The summed E-state index contributed by atoms with van der Waals surface area (Å²) >= 11 is 1.37. The smallest absolute Gasteiger partial charge is 0.236 e. The van der Waals surface area contributed by atoms with Crippen LogP contribution in [0.5, 0.6) is 5.88 Å². The number of methoxy groups -OCH3 is 1. The van der Waals surface area contributed by atoms with Crippen LogP contribution in [0.1, 0.15) is 30.5 Å². The van der Waals surface area contributed by atoms with Crippen molar-refractivity contribution in [1.82, 2.24) is 30.6 Å². The molecular formula is C23H26FN7O3S. The van der Waals surface area contributed by atoms with E-state index in [0.29, 0.717) is 57.7 Å². The molecule has 1 saturated carbocycles. The summed E-state index contributed by atoms with van der Waals surface area (Å²) in [6.45, 7) is 0.706. The first kappa shape index (κ1) is 23.8. The second-order valence-electron chi connectivity index (χ2n) is 8.60. The van der Waals surface area contributed by atoms with E-state index in [-0.39, 0.29) is 30.4 Å². The number of nitrogens with one attached hydrogen (secondary N) is 3. The average molecular weight is 500 g/mol. The van der Waals surface area contributed by atoms with Crippen molar-refractivity contribution in [3.05, 3.63) is 41.6 Å². The van der Waals surface area contributed by atoms with Crippen LogP contribution in [0.4, 0.5) is 10.2 Å². The number of benzene rings is 1. The topological polar surface area (TPSA) is 134 Å². The van der Waals surface area contributed by atoms with E-state index in [1.165, 1.54) is 31.1 Å². The molecule has 3 heterocycles. The number of hydrogen-bond donors (Lipinski definition) is 4. The molecule has 2 aliphatic rings. The molecule has 10 nitrogen and oxygen atoms in total. The first-order valence-electron chi connectivity index (χ1n) is 11.4. The molecule has 12 heteroatoms. The molecule has 1 aliphatic carbocycles. The SMILES string of the molecule is COc1cnc2ccc(F)c(CN[C@@H]3CC[C@@H](NCc4cnc5c(n4)NC(=O)CS5)[C@@H](O)C3)c2n1. The van der Waals surface area contributed by atoms with Crippen molar-refractivity contribution in [2.75, 3.05) is 18.2 Å². The van der Waals surface area contributed by atoms with E-state index in [1.54, 1.807) is 12.3 Å². The number of thioether (sulfide) groups is 1. The number of ether oxygens (including phenoxy) is 1. The maximum atomic E-state index is 14.6. The van der Waals surface area contributed by atoms with Gasteiger partial charge in [0.25, 0.3) is 0 Å². The molecular weight excluding hydrogens is 473 g/mol. The number of rotatable bonds is 7. The second kappa shape index (κ2) is 10.4. The minimum Gasteiger partial charge on any atom is -0.480 e. The molecule has 1 fully saturated rings. The van der Waals surface area contributed by atoms with Crippen molar-refractivity contribution >= 4 is 34.5 Å². The molecule has 3 atom stereocenters. The zero-order valence-corrected chi connectivity index (χ0v) is 19.9. The lowest BCUT2D eigenvalue weighted by molar-refractivity contribution is -0.113. The molecule has 0 unspecified atom stereocenters. The van der Waals surface area contributed by atoms with Crippen molar-refractivity contribution in [2.45, 2.75) is 55.6 Å². The standard InChI is InChI=1S/C23H26FN7O3S/c1-34-20-10-27-17-5-3-15(24)14(21(17)31-20)9-25-12-2-4-16(18(32)6-12)26-7-13-8-28-23-22(29-13)30-19(33)11-35-23/h3,5,8,10,12,16,18,25-26,32H,2,4,6-7,9,11H2,1H3,(H,29,30,33)/t12-,16-,18+/m1/s1. The summed E-state index contributed by atoms with van der Waals surface area (Å²) in [4.78, 5) is 29.1. The van der Waals surface area contributed by atoms with Crippen molar-refractivity contribution in [2.24, 2.45) is 0 Å². The van der Waals surface area contributed by atoms with Crippen molar-refractivity contribution < 1.29 is 19.0 Å². The van der Waals surface area contributed by atoms with Gasteiger partial charge in [-0.3, -0.25) is 4.79 Å². The Bertz CT molecular complexity index is 1250. The fourth-order valence-corrected chi connectivity index (χ4v) is 5.10. The van der Waals surface area contributed by atoms with Gasteiger partial charge in [-0.1, -0.05) is 11.8 Å². The molecule has 0 saturated heterocycles. The fourth-order valence-electron chi connectivity index (χ4n) is 4.40. The second-order valence-corrected chi connectivity index (χ2v) is 9.57. The number of carbonyl (C=O) groups is 1. The Labute approximate surface area is 205 Å². The van der Waals surface area contributed by atoms with Crippen LogP contribution >= 0.6 is 11.8 Å². The van der Waals surface area contributed by atoms with Gasteiger partial charge < -0.3 is 25.8 Å². The van der Waals surface area contributed by atoms with Crippen LogP contribution in [0.3, 0.4) is 0 Å². The minimum atomic E-state index is -0.570. The highest BCUT2D eigenvalue weighted by Gasteiger charge is 2.29. The number of nitrogens with zero attached hydrogens (tertiary/aromatic N) is 4. The van der Waals surface area contributed by atoms with Gasteiger partial charge in [0.05, 0.1) is 42.6 Å². The van der Waals surface area contributed by atoms with E-state index in [0.717, 1.165) is 12.8 Å². The number of aliphatic hydroxyl groups is 1. The number of aromatic nitrogens is 4. The predicted octanol–water partition coefficient (Wildman–Crippen LogP) is 1.77. The van der Waals surface area contributed by atoms with Crippen LogP contribution in [-0.2, 0) is 17.9 Å². The number of fused-ring (bicyclic) bond motifs is 2. The molecule has 4 N–H and O–H groups in total. The Balaban J connectivity index is 1.16. The molecule has 35 heavy (non-hydrogen) atoms. The third-order valence-electron chi connectivity index (χ3n) is 6.27. The molecule has 3 aromatic rings. The summed E-state index contributed by atoms with van der Waals surface area (Å²) in [7, 11) is 1.50. The monoisotopic (exact) mass is 499 g/mol. The lowest BCUT2D eigenvalue weighted by Gasteiger charge is -2.34. The summed E-state index contributed by atoms with van der Waals surface area (Å²) in [6, 6.07) is 2.93. The molecule has 0 radical (unpaired) electrons. The number of anilines is 1. The van der Waals surface area contributed by atoms with Gasteiger partial charge in [-0.15, -0.1) is 0 Å². The summed E-state index contributed by atoms with van der Waals surface area (Å²) in [5, 5.41) is 20.9. The molecule has 1 aromatic carbocycles. The van der Waals surface area contributed by atoms with Gasteiger partial charge in [0, 0.05) is 30.7 Å². The van der Waals surface area contributed by atoms with Gasteiger partial charge in [-0.25, -0.2) is 24.3 Å². The molecule has 5 rings (SSSR count). The average Bonchev–Trinajstić information content (AvgIpc) is 2.87. The van der Waals surface area contributed by atoms with Gasteiger partial charge in [0.1, 0.15) is 16.4 Å². The third-order valence-corrected chi connectivity index (χ3v) is 7.24. The largest absolute Gasteiger partial charge is 0.480 e. The zero-order chi connectivity index (χ0) is 24.4. The number of hydrogen-bond acceptors (Lipinski definition) is 10. The highest BCUT2D eigenvalue weighted by molar-refractivity contribution is 8.00. The predicted molar refractivity (Wildman–Crippen MR) is 129 cm³/mol. The minimum absolute atomic E-state index is 0.0343. The Morgan fingerprint density at radius 1 is 1.20 bits per heavy atom. The molecule has 1 aliphatic heterocycles. The van der Waals surface area contributed by atoms with E-state index >= 15 is 0 Å². The van der Waals surface area contributed by atoms with E-state index < -0.39 is 6.10 Å². The van der Waals surface area contributed by atoms with Gasteiger partial charge >= 0.3 is 0 Å². The van der Waals surface area contributed by atoms with Crippen LogP contribution in [0.15, 0.2) is 29.6 Å². The molecule has 2 aromatic heterocycles. The first-order chi connectivity index (χ1) is 17.0. The molecule has 184 valence electrons. The van der Waals surface area contributed by atoms with Crippen LogP contribution in [0, 0.1) is 5.82 Å². The Morgan fingerprint density at radius 3 is 2.91 bits per heavy atom. The van der Waals surface area contributed by atoms with E-state index in [2.05, 4.69) is 35.9 Å². The number of halogens is 1. The molecule has 0 spiro atoms. The lowest BCUT2D eigenvalue weighted by Crippen LogP contribution is -2.48. The quantitative estimate of drug-likeness (QED) is 0.381. The summed E-state index contributed by atoms with van der Waals surface area (Å²) in [5.74, 6) is 0.720. The molecule has 0 bridgehead atoms. The van der Waals surface area contributed by atoms with Crippen molar-refractivity contribution in [3.8, 4) is 5.88 Å². The highest BCUT2D eigenvalue weighted by atomic mass is 32.2. The number of carbonyl (C=O) groups excluding carboxylic acids is 1. The van der Waals surface area contributed by atoms with Crippen molar-refractivity contribution in [3.63, 3.8) is 0 Å². The Kier molecular flexibility index (Phi) is 7.04. The van der Waals surface area contributed by atoms with Crippen LogP contribution in [0.25, 0.3) is 11.0 Å². The van der Waals surface area contributed by atoms with Crippen LogP contribution in [0.2, 0.25) is 0 Å². The van der Waals surface area contributed by atoms with Crippen molar-refractivity contribution in [1.29, 1.82) is 0 Å². The zero-order valence-electron chi connectivity index (χ0n) is 19.1. The summed E-state index contributed by atoms with van der Waals surface area (Å²) < 4.78 is 19.7. The normalized spacial score (nSPS) is 22.0. The van der Waals surface area contributed by atoms with Gasteiger partial charge in [-0.2, -0.15) is 0 Å². The van der Waals surface area contributed by atoms with Gasteiger partial charge in [0.15, 0.2) is 5.82 Å². The lowest BCUT2D eigenvalue weighted by atomic mass is 9.88.